The molecule has 1 aliphatic rings. The molecular weight excluding hydrogens is 322 g/mol. The maximum atomic E-state index is 12.8. The summed E-state index contributed by atoms with van der Waals surface area (Å²) in [5.41, 5.74) is 3.28. The van der Waals surface area contributed by atoms with Crippen LogP contribution in [0, 0.1) is 20.8 Å². The van der Waals surface area contributed by atoms with Gasteiger partial charge in [0.15, 0.2) is 0 Å². The van der Waals surface area contributed by atoms with Crippen LogP contribution in [0.15, 0.2) is 22.6 Å². The van der Waals surface area contributed by atoms with Gasteiger partial charge in [0.1, 0.15) is 35.4 Å². The fourth-order valence-electron chi connectivity index (χ4n) is 3.09. The van der Waals surface area contributed by atoms with Crippen molar-refractivity contribution in [2.24, 2.45) is 0 Å². The molecule has 0 aliphatic carbocycles. The largest absolute Gasteiger partial charge is 0.492 e. The number of aromatic carboxylic acids is 1. The van der Waals surface area contributed by atoms with Gasteiger partial charge < -0.3 is 19.2 Å². The highest BCUT2D eigenvalue weighted by molar-refractivity contribution is 5.89. The van der Waals surface area contributed by atoms with Crippen LogP contribution in [0.25, 0.3) is 0 Å². The van der Waals surface area contributed by atoms with Gasteiger partial charge in [-0.25, -0.2) is 4.79 Å². The monoisotopic (exact) mass is 343 g/mol. The average Bonchev–Trinajstić information content (AvgIpc) is 3.10. The summed E-state index contributed by atoms with van der Waals surface area (Å²) in [6.45, 7) is 6.15. The Morgan fingerprint density at radius 1 is 1.20 bits per heavy atom. The van der Waals surface area contributed by atoms with E-state index in [1.165, 1.54) is 6.07 Å². The highest BCUT2D eigenvalue weighted by Gasteiger charge is 2.33. The van der Waals surface area contributed by atoms with Crippen molar-refractivity contribution in [1.82, 2.24) is 4.90 Å². The van der Waals surface area contributed by atoms with Crippen molar-refractivity contribution < 1.29 is 23.8 Å². The molecule has 1 aliphatic heterocycles. The zero-order chi connectivity index (χ0) is 18.3. The number of carboxylic acids is 1. The zero-order valence-corrected chi connectivity index (χ0v) is 14.8. The van der Waals surface area contributed by atoms with E-state index >= 15 is 0 Å². The van der Waals surface area contributed by atoms with E-state index in [0.29, 0.717) is 18.1 Å². The van der Waals surface area contributed by atoms with Crippen LogP contribution < -0.4 is 4.74 Å². The topological polar surface area (TPSA) is 80.0 Å². The molecule has 2 heterocycles. The van der Waals surface area contributed by atoms with Crippen LogP contribution in [-0.4, -0.2) is 35.5 Å². The van der Waals surface area contributed by atoms with Crippen LogP contribution in [0.1, 0.15) is 44.5 Å². The maximum absolute atomic E-state index is 12.8. The fourth-order valence-corrected chi connectivity index (χ4v) is 3.09. The number of benzene rings is 1. The Kier molecular flexibility index (Phi) is 4.29. The third kappa shape index (κ3) is 3.12. The lowest BCUT2D eigenvalue weighted by Gasteiger charge is -2.19. The van der Waals surface area contributed by atoms with E-state index in [9.17, 15) is 9.59 Å². The zero-order valence-electron chi connectivity index (χ0n) is 14.8. The summed E-state index contributed by atoms with van der Waals surface area (Å²) in [6.07, 6.45) is 0. The Hall–Kier alpha value is -2.76. The standard InChI is InChI=1S/C19H21NO5/c1-10-5-15-16(9-24-17(15)6-11(10)2)18(21)20(4)8-13-7-14(19(22)23)12(3)25-13/h5-7,16H,8-9H2,1-4H3,(H,22,23). The third-order valence-electron chi connectivity index (χ3n) is 4.67. The van der Waals surface area contributed by atoms with E-state index < -0.39 is 5.97 Å². The molecule has 132 valence electrons. The number of carboxylic acid groups (broad SMARTS) is 1. The van der Waals surface area contributed by atoms with E-state index in [1.54, 1.807) is 18.9 Å². The first-order chi connectivity index (χ1) is 11.8. The van der Waals surface area contributed by atoms with Gasteiger partial charge in [-0.3, -0.25) is 4.79 Å². The molecule has 0 spiro atoms. The number of rotatable bonds is 4. The number of likely N-dealkylation sites (N-methyl/N-ethyl adjacent to an activating group) is 1. The predicted molar refractivity (Wildman–Crippen MR) is 91.0 cm³/mol. The molecule has 0 saturated heterocycles. The number of nitrogens with zero attached hydrogens (tertiary/aromatic N) is 1. The normalized spacial score (nSPS) is 15.6. The van der Waals surface area contributed by atoms with E-state index in [1.807, 2.05) is 26.0 Å². The molecule has 0 saturated carbocycles. The van der Waals surface area contributed by atoms with Crippen molar-refractivity contribution in [2.45, 2.75) is 33.2 Å². The average molecular weight is 343 g/mol. The second kappa shape index (κ2) is 6.27. The third-order valence-corrected chi connectivity index (χ3v) is 4.67. The van der Waals surface area contributed by atoms with Gasteiger partial charge in [-0.15, -0.1) is 0 Å². The lowest BCUT2D eigenvalue weighted by Crippen LogP contribution is -2.32. The first kappa shape index (κ1) is 17.1. The Labute approximate surface area is 146 Å². The molecule has 1 aromatic heterocycles. The van der Waals surface area contributed by atoms with Crippen molar-refractivity contribution in [1.29, 1.82) is 0 Å². The van der Waals surface area contributed by atoms with Crippen molar-refractivity contribution in [3.05, 3.63) is 52.0 Å². The first-order valence-electron chi connectivity index (χ1n) is 8.09. The SMILES string of the molecule is Cc1cc2c(cc1C)C(C(=O)N(C)Cc1cc(C(=O)O)c(C)o1)CO2. The van der Waals surface area contributed by atoms with Gasteiger partial charge >= 0.3 is 5.97 Å². The van der Waals surface area contributed by atoms with Crippen LogP contribution in [0.2, 0.25) is 0 Å². The quantitative estimate of drug-likeness (QED) is 0.923. The van der Waals surface area contributed by atoms with Crippen molar-refractivity contribution in [3.8, 4) is 5.75 Å². The fraction of sp³-hybridized carbons (Fsp3) is 0.368. The van der Waals surface area contributed by atoms with Gasteiger partial charge in [0, 0.05) is 12.6 Å². The maximum Gasteiger partial charge on any atom is 0.339 e. The molecule has 1 amide bonds. The molecular formula is C19H21NO5. The lowest BCUT2D eigenvalue weighted by atomic mass is 9.96. The highest BCUT2D eigenvalue weighted by Crippen LogP contribution is 2.37. The molecule has 1 N–H and O–H groups in total. The number of fused-ring (bicyclic) bond motifs is 1. The molecule has 3 rings (SSSR count). The summed E-state index contributed by atoms with van der Waals surface area (Å²) >= 11 is 0. The molecule has 0 radical (unpaired) electrons. The molecule has 1 atom stereocenters. The summed E-state index contributed by atoms with van der Waals surface area (Å²) in [6, 6.07) is 5.44. The van der Waals surface area contributed by atoms with Gasteiger partial charge in [-0.1, -0.05) is 6.07 Å². The Morgan fingerprint density at radius 2 is 1.88 bits per heavy atom. The van der Waals surface area contributed by atoms with Gasteiger partial charge in [0.05, 0.1) is 6.54 Å². The Morgan fingerprint density at radius 3 is 2.52 bits per heavy atom. The number of carbonyl (C=O) groups excluding carboxylic acids is 1. The number of carbonyl (C=O) groups is 2. The lowest BCUT2D eigenvalue weighted by molar-refractivity contribution is -0.132. The minimum absolute atomic E-state index is 0.0760. The van der Waals surface area contributed by atoms with Crippen molar-refractivity contribution in [2.75, 3.05) is 13.7 Å². The highest BCUT2D eigenvalue weighted by atomic mass is 16.5. The summed E-state index contributed by atoms with van der Waals surface area (Å²) in [5.74, 6) is 0.0819. The minimum atomic E-state index is -1.04. The summed E-state index contributed by atoms with van der Waals surface area (Å²) in [4.78, 5) is 25.5. The number of furan rings is 1. The van der Waals surface area contributed by atoms with Crippen LogP contribution in [0.3, 0.4) is 0 Å². The summed E-state index contributed by atoms with van der Waals surface area (Å²) in [5, 5.41) is 9.10. The molecule has 6 heteroatoms. The second-order valence-corrected chi connectivity index (χ2v) is 6.52. The Balaban J connectivity index is 1.77. The van der Waals surface area contributed by atoms with Gasteiger partial charge in [-0.05, 0) is 44.0 Å². The van der Waals surface area contributed by atoms with Crippen LogP contribution in [0.4, 0.5) is 0 Å². The van der Waals surface area contributed by atoms with Gasteiger partial charge in [-0.2, -0.15) is 0 Å². The van der Waals surface area contributed by atoms with Crippen molar-refractivity contribution >= 4 is 11.9 Å². The molecule has 1 unspecified atom stereocenters. The molecule has 2 aromatic rings. The first-order valence-corrected chi connectivity index (χ1v) is 8.09. The van der Waals surface area contributed by atoms with E-state index in [0.717, 1.165) is 22.4 Å². The van der Waals surface area contributed by atoms with Crippen LogP contribution in [-0.2, 0) is 11.3 Å². The Bertz CT molecular complexity index is 852. The number of ether oxygens (including phenoxy) is 1. The number of amides is 1. The van der Waals surface area contributed by atoms with Crippen molar-refractivity contribution in [3.63, 3.8) is 0 Å². The second-order valence-electron chi connectivity index (χ2n) is 6.52. The van der Waals surface area contributed by atoms with Crippen LogP contribution in [0.5, 0.6) is 5.75 Å². The molecule has 1 aromatic carbocycles. The van der Waals surface area contributed by atoms with E-state index in [4.69, 9.17) is 14.3 Å². The minimum Gasteiger partial charge on any atom is -0.492 e. The number of hydrogen-bond donors (Lipinski definition) is 1. The van der Waals surface area contributed by atoms with Gasteiger partial charge in [0.2, 0.25) is 5.91 Å². The summed E-state index contributed by atoms with van der Waals surface area (Å²) < 4.78 is 11.1. The number of aryl methyl sites for hydroxylation is 3. The van der Waals surface area contributed by atoms with E-state index in [2.05, 4.69) is 0 Å². The molecule has 25 heavy (non-hydrogen) atoms. The smallest absolute Gasteiger partial charge is 0.339 e. The van der Waals surface area contributed by atoms with Crippen LogP contribution >= 0.6 is 0 Å². The molecule has 0 fully saturated rings. The predicted octanol–water partition coefficient (Wildman–Crippen LogP) is 3.04. The summed E-state index contributed by atoms with van der Waals surface area (Å²) in [7, 11) is 1.68. The molecule has 0 bridgehead atoms. The van der Waals surface area contributed by atoms with E-state index in [-0.39, 0.29) is 23.9 Å². The van der Waals surface area contributed by atoms with Gasteiger partial charge in [0.25, 0.3) is 0 Å². The number of hydrogen-bond acceptors (Lipinski definition) is 4. The molecule has 6 nitrogen and oxygen atoms in total.